The Hall–Kier alpha value is -1.90. The molecular formula is C20H13BrS. The van der Waals surface area contributed by atoms with E-state index in [0.29, 0.717) is 0 Å². The van der Waals surface area contributed by atoms with E-state index in [0.717, 1.165) is 4.47 Å². The van der Waals surface area contributed by atoms with E-state index >= 15 is 0 Å². The summed E-state index contributed by atoms with van der Waals surface area (Å²) >= 11 is 5.26. The van der Waals surface area contributed by atoms with Crippen molar-refractivity contribution in [1.29, 1.82) is 0 Å². The minimum atomic E-state index is 1.11. The summed E-state index contributed by atoms with van der Waals surface area (Å²) in [4.78, 5) is 0. The van der Waals surface area contributed by atoms with Gasteiger partial charge in [0, 0.05) is 14.6 Å². The smallest absolute Gasteiger partial charge is 0.0349 e. The molecule has 1 heterocycles. The zero-order valence-corrected chi connectivity index (χ0v) is 14.2. The maximum atomic E-state index is 3.46. The number of rotatable bonds is 2. The highest BCUT2D eigenvalue weighted by Gasteiger charge is 2.01. The molecule has 0 saturated carbocycles. The third kappa shape index (κ3) is 2.60. The van der Waals surface area contributed by atoms with Gasteiger partial charge in [-0.1, -0.05) is 58.4 Å². The number of hydrogen-bond donors (Lipinski definition) is 0. The lowest BCUT2D eigenvalue weighted by atomic mass is 10.0. The second-order valence-corrected chi connectivity index (χ2v) is 7.13. The molecule has 106 valence electrons. The van der Waals surface area contributed by atoms with E-state index in [4.69, 9.17) is 0 Å². The van der Waals surface area contributed by atoms with E-state index in [-0.39, 0.29) is 0 Å². The molecule has 0 aliphatic carbocycles. The Morgan fingerprint density at radius 1 is 0.727 bits per heavy atom. The maximum Gasteiger partial charge on any atom is 0.0349 e. The highest BCUT2D eigenvalue weighted by atomic mass is 79.9. The van der Waals surface area contributed by atoms with Crippen molar-refractivity contribution >= 4 is 60.3 Å². The molecule has 2 heteroatoms. The Bertz CT molecular complexity index is 978. The number of hydrogen-bond acceptors (Lipinski definition) is 1. The molecule has 0 N–H and O–H groups in total. The van der Waals surface area contributed by atoms with Crippen LogP contribution in [-0.4, -0.2) is 0 Å². The van der Waals surface area contributed by atoms with Gasteiger partial charge in [-0.3, -0.25) is 0 Å². The van der Waals surface area contributed by atoms with Gasteiger partial charge in [0.05, 0.1) is 0 Å². The predicted molar refractivity (Wildman–Crippen MR) is 102 cm³/mol. The molecule has 0 spiro atoms. The van der Waals surface area contributed by atoms with E-state index in [2.05, 4.69) is 94.1 Å². The molecule has 0 bridgehead atoms. The van der Waals surface area contributed by atoms with Gasteiger partial charge in [-0.2, -0.15) is 0 Å². The van der Waals surface area contributed by atoms with Crippen LogP contribution >= 0.6 is 27.3 Å². The fourth-order valence-electron chi connectivity index (χ4n) is 2.66. The van der Waals surface area contributed by atoms with Gasteiger partial charge < -0.3 is 0 Å². The Morgan fingerprint density at radius 3 is 2.32 bits per heavy atom. The second kappa shape index (κ2) is 5.71. The van der Waals surface area contributed by atoms with Crippen molar-refractivity contribution in [2.75, 3.05) is 0 Å². The summed E-state index contributed by atoms with van der Waals surface area (Å²) in [6, 6.07) is 21.6. The molecule has 0 atom stereocenters. The predicted octanol–water partition coefficient (Wildman–Crippen LogP) is 6.99. The third-order valence-electron chi connectivity index (χ3n) is 3.82. The lowest BCUT2D eigenvalue weighted by molar-refractivity contribution is 1.61. The van der Waals surface area contributed by atoms with Gasteiger partial charge in [0.15, 0.2) is 0 Å². The van der Waals surface area contributed by atoms with Crippen molar-refractivity contribution in [1.82, 2.24) is 0 Å². The molecule has 4 rings (SSSR count). The standard InChI is InChI=1S/C20H13BrS/c21-17-8-4-14(5-9-17)1-2-15-3-6-16-7-10-20-18(11-12-22-20)19(16)13-15/h1-13H/b2-1+. The molecular weight excluding hydrogens is 352 g/mol. The number of thiophene rings is 1. The van der Waals surface area contributed by atoms with E-state index in [1.54, 1.807) is 11.3 Å². The first-order valence-electron chi connectivity index (χ1n) is 7.13. The molecule has 1 aromatic heterocycles. The fourth-order valence-corrected chi connectivity index (χ4v) is 3.73. The van der Waals surface area contributed by atoms with Gasteiger partial charge in [0.25, 0.3) is 0 Å². The first kappa shape index (κ1) is 13.7. The summed E-state index contributed by atoms with van der Waals surface area (Å²) in [7, 11) is 0. The molecule has 3 aromatic carbocycles. The van der Waals surface area contributed by atoms with Crippen LogP contribution in [0, 0.1) is 0 Å². The number of benzene rings is 3. The lowest BCUT2D eigenvalue weighted by Gasteiger charge is -2.02. The molecule has 0 saturated heterocycles. The van der Waals surface area contributed by atoms with Crippen molar-refractivity contribution in [3.8, 4) is 0 Å². The highest BCUT2D eigenvalue weighted by Crippen LogP contribution is 2.30. The molecule has 0 unspecified atom stereocenters. The Balaban J connectivity index is 1.77. The SMILES string of the molecule is Brc1ccc(/C=C/c2ccc3ccc4sccc4c3c2)cc1. The first-order chi connectivity index (χ1) is 10.8. The normalized spacial score (nSPS) is 11.7. The average molecular weight is 365 g/mol. The van der Waals surface area contributed by atoms with E-state index in [1.807, 2.05) is 0 Å². The number of halogens is 1. The van der Waals surface area contributed by atoms with Gasteiger partial charge in [-0.15, -0.1) is 11.3 Å². The monoisotopic (exact) mass is 364 g/mol. The van der Waals surface area contributed by atoms with Crippen LogP contribution in [0.15, 0.2) is 70.5 Å². The minimum Gasteiger partial charge on any atom is -0.144 e. The summed E-state index contributed by atoms with van der Waals surface area (Å²) in [6.45, 7) is 0. The third-order valence-corrected chi connectivity index (χ3v) is 5.23. The largest absolute Gasteiger partial charge is 0.144 e. The molecule has 0 aliphatic heterocycles. The van der Waals surface area contributed by atoms with Gasteiger partial charge >= 0.3 is 0 Å². The topological polar surface area (TPSA) is 0 Å². The van der Waals surface area contributed by atoms with Gasteiger partial charge in [-0.25, -0.2) is 0 Å². The Labute approximate surface area is 141 Å². The first-order valence-corrected chi connectivity index (χ1v) is 8.80. The Kier molecular flexibility index (Phi) is 3.57. The quantitative estimate of drug-likeness (QED) is 0.336. The van der Waals surface area contributed by atoms with E-state index < -0.39 is 0 Å². The average Bonchev–Trinajstić information content (AvgIpc) is 3.03. The maximum absolute atomic E-state index is 3.46. The zero-order valence-electron chi connectivity index (χ0n) is 11.8. The molecule has 0 fully saturated rings. The van der Waals surface area contributed by atoms with Crippen LogP contribution in [0.2, 0.25) is 0 Å². The Morgan fingerprint density at radius 2 is 1.45 bits per heavy atom. The second-order valence-electron chi connectivity index (χ2n) is 5.26. The van der Waals surface area contributed by atoms with Crippen LogP contribution in [0.4, 0.5) is 0 Å². The van der Waals surface area contributed by atoms with Crippen molar-refractivity contribution in [3.05, 3.63) is 81.6 Å². The molecule has 0 aliphatic rings. The minimum absolute atomic E-state index is 1.11. The van der Waals surface area contributed by atoms with E-state index in [1.165, 1.54) is 32.0 Å². The van der Waals surface area contributed by atoms with Gasteiger partial charge in [-0.05, 0) is 57.6 Å². The highest BCUT2D eigenvalue weighted by molar-refractivity contribution is 9.10. The summed E-state index contributed by atoms with van der Waals surface area (Å²) in [6.07, 6.45) is 4.33. The molecule has 22 heavy (non-hydrogen) atoms. The van der Waals surface area contributed by atoms with Crippen molar-refractivity contribution < 1.29 is 0 Å². The summed E-state index contributed by atoms with van der Waals surface area (Å²) in [5, 5.41) is 6.14. The van der Waals surface area contributed by atoms with Gasteiger partial charge in [0.2, 0.25) is 0 Å². The van der Waals surface area contributed by atoms with Crippen molar-refractivity contribution in [3.63, 3.8) is 0 Å². The van der Waals surface area contributed by atoms with Crippen LogP contribution in [0.5, 0.6) is 0 Å². The van der Waals surface area contributed by atoms with Gasteiger partial charge in [0.1, 0.15) is 0 Å². The summed E-state index contributed by atoms with van der Waals surface area (Å²) < 4.78 is 2.46. The zero-order chi connectivity index (χ0) is 14.9. The lowest BCUT2D eigenvalue weighted by Crippen LogP contribution is -1.77. The number of fused-ring (bicyclic) bond motifs is 3. The van der Waals surface area contributed by atoms with Crippen LogP contribution < -0.4 is 0 Å². The van der Waals surface area contributed by atoms with Crippen LogP contribution in [0.1, 0.15) is 11.1 Å². The summed E-state index contributed by atoms with van der Waals surface area (Å²) in [5.74, 6) is 0. The van der Waals surface area contributed by atoms with Crippen molar-refractivity contribution in [2.45, 2.75) is 0 Å². The van der Waals surface area contributed by atoms with Crippen molar-refractivity contribution in [2.24, 2.45) is 0 Å². The molecule has 0 nitrogen and oxygen atoms in total. The van der Waals surface area contributed by atoms with Crippen LogP contribution in [-0.2, 0) is 0 Å². The van der Waals surface area contributed by atoms with E-state index in [9.17, 15) is 0 Å². The molecule has 0 amide bonds. The molecule has 4 aromatic rings. The molecule has 0 radical (unpaired) electrons. The fraction of sp³-hybridized carbons (Fsp3) is 0. The summed E-state index contributed by atoms with van der Waals surface area (Å²) in [5.41, 5.74) is 2.44. The van der Waals surface area contributed by atoms with Crippen LogP contribution in [0.3, 0.4) is 0 Å². The van der Waals surface area contributed by atoms with Crippen LogP contribution in [0.25, 0.3) is 33.0 Å².